The fourth-order valence-electron chi connectivity index (χ4n) is 10.8. The van der Waals surface area contributed by atoms with Crippen molar-refractivity contribution in [2.45, 2.75) is 381 Å². The van der Waals surface area contributed by atoms with Crippen molar-refractivity contribution in [2.24, 2.45) is 11.8 Å². The van der Waals surface area contributed by atoms with Crippen molar-refractivity contribution in [2.75, 3.05) is 39.6 Å². The lowest BCUT2D eigenvalue weighted by Gasteiger charge is -2.21. The SMILES string of the molecule is CCCCCCCCCCCCCCCCCCC(=O)OC[C@H](COP(=O)(O)OC[C@@H](O)COP(=O)(O)OC[C@@H](COC(=O)CCCCCCC)OC(=O)CCCCCCCCCCCCC(C)C)OC(=O)CCCCCCCCCCCCCCCC(C)C. The number of aliphatic hydroxyl groups excluding tert-OH is 1. The molecule has 0 aliphatic carbocycles. The molecule has 534 valence electrons. The van der Waals surface area contributed by atoms with Gasteiger partial charge >= 0.3 is 39.5 Å². The molecule has 5 atom stereocenters. The van der Waals surface area contributed by atoms with Crippen molar-refractivity contribution in [1.29, 1.82) is 0 Å². The Morgan fingerprint density at radius 1 is 0.300 bits per heavy atom. The summed E-state index contributed by atoms with van der Waals surface area (Å²) in [6.45, 7) is 9.48. The van der Waals surface area contributed by atoms with Crippen LogP contribution in [0.2, 0.25) is 0 Å². The number of carbonyl (C=O) groups excluding carboxylic acids is 4. The third-order valence-electron chi connectivity index (χ3n) is 16.5. The summed E-state index contributed by atoms with van der Waals surface area (Å²) < 4.78 is 68.1. The number of unbranched alkanes of at least 4 members (excludes halogenated alkanes) is 40. The van der Waals surface area contributed by atoms with E-state index in [1.807, 2.05) is 0 Å². The molecule has 0 aliphatic rings. The van der Waals surface area contributed by atoms with E-state index < -0.39 is 97.5 Å². The second kappa shape index (κ2) is 63.1. The monoisotopic (exact) mass is 1320 g/mol. The van der Waals surface area contributed by atoms with Crippen LogP contribution in [0.25, 0.3) is 0 Å². The van der Waals surface area contributed by atoms with Crippen molar-refractivity contribution >= 4 is 39.5 Å². The van der Waals surface area contributed by atoms with E-state index >= 15 is 0 Å². The quantitative estimate of drug-likeness (QED) is 0.0222. The fourth-order valence-corrected chi connectivity index (χ4v) is 12.3. The molecule has 0 aromatic heterocycles. The Morgan fingerprint density at radius 2 is 0.511 bits per heavy atom. The second-order valence-corrected chi connectivity index (χ2v) is 29.5. The van der Waals surface area contributed by atoms with Gasteiger partial charge in [-0.3, -0.25) is 37.3 Å². The summed E-state index contributed by atoms with van der Waals surface area (Å²) in [5, 5.41) is 10.6. The second-order valence-electron chi connectivity index (χ2n) is 26.6. The van der Waals surface area contributed by atoms with Gasteiger partial charge in [0.05, 0.1) is 26.4 Å². The molecule has 0 saturated carbocycles. The van der Waals surface area contributed by atoms with Crippen LogP contribution in [-0.4, -0.2) is 96.7 Å². The highest BCUT2D eigenvalue weighted by Crippen LogP contribution is 2.45. The van der Waals surface area contributed by atoms with Crippen molar-refractivity contribution in [3.63, 3.8) is 0 Å². The van der Waals surface area contributed by atoms with Crippen LogP contribution in [0.1, 0.15) is 363 Å². The van der Waals surface area contributed by atoms with Crippen LogP contribution in [0.5, 0.6) is 0 Å². The van der Waals surface area contributed by atoms with Gasteiger partial charge in [0.2, 0.25) is 0 Å². The number of phosphoric ester groups is 2. The summed E-state index contributed by atoms with van der Waals surface area (Å²) in [7, 11) is -9.89. The molecule has 0 bridgehead atoms. The van der Waals surface area contributed by atoms with Crippen LogP contribution in [0.3, 0.4) is 0 Å². The third-order valence-corrected chi connectivity index (χ3v) is 18.4. The van der Waals surface area contributed by atoms with E-state index in [1.54, 1.807) is 0 Å². The minimum Gasteiger partial charge on any atom is -0.462 e. The van der Waals surface area contributed by atoms with E-state index in [0.717, 1.165) is 108 Å². The van der Waals surface area contributed by atoms with Crippen LogP contribution in [0.15, 0.2) is 0 Å². The highest BCUT2D eigenvalue weighted by Gasteiger charge is 2.30. The van der Waals surface area contributed by atoms with E-state index in [1.165, 1.54) is 173 Å². The summed E-state index contributed by atoms with van der Waals surface area (Å²) in [6.07, 6.45) is 48.9. The lowest BCUT2D eigenvalue weighted by molar-refractivity contribution is -0.161. The van der Waals surface area contributed by atoms with E-state index in [9.17, 15) is 43.2 Å². The zero-order valence-corrected chi connectivity index (χ0v) is 60.2. The van der Waals surface area contributed by atoms with Gasteiger partial charge in [0, 0.05) is 25.7 Å². The van der Waals surface area contributed by atoms with Crippen LogP contribution in [0, 0.1) is 11.8 Å². The van der Waals surface area contributed by atoms with Crippen LogP contribution >= 0.6 is 15.6 Å². The van der Waals surface area contributed by atoms with Gasteiger partial charge in [-0.25, -0.2) is 9.13 Å². The highest BCUT2D eigenvalue weighted by molar-refractivity contribution is 7.47. The first-order chi connectivity index (χ1) is 43.4. The Labute approximate surface area is 549 Å². The van der Waals surface area contributed by atoms with E-state index in [2.05, 4.69) is 41.5 Å². The molecule has 19 heteroatoms. The summed E-state index contributed by atoms with van der Waals surface area (Å²) in [4.78, 5) is 72.3. The molecule has 0 amide bonds. The molecule has 0 rings (SSSR count). The number of aliphatic hydroxyl groups is 1. The minimum atomic E-state index is -4.95. The van der Waals surface area contributed by atoms with Gasteiger partial charge in [-0.2, -0.15) is 0 Å². The van der Waals surface area contributed by atoms with Gasteiger partial charge < -0.3 is 33.8 Å². The molecule has 0 saturated heterocycles. The topological polar surface area (TPSA) is 237 Å². The number of hydrogen-bond donors (Lipinski definition) is 3. The molecule has 0 aromatic rings. The minimum absolute atomic E-state index is 0.105. The number of hydrogen-bond acceptors (Lipinski definition) is 15. The molecule has 0 radical (unpaired) electrons. The van der Waals surface area contributed by atoms with Gasteiger partial charge in [0.25, 0.3) is 0 Å². The number of ether oxygens (including phenoxy) is 4. The maximum Gasteiger partial charge on any atom is 0.472 e. The van der Waals surface area contributed by atoms with Crippen LogP contribution < -0.4 is 0 Å². The first kappa shape index (κ1) is 88.1. The first-order valence-corrected chi connectivity index (χ1v) is 40.0. The lowest BCUT2D eigenvalue weighted by atomic mass is 10.0. The molecule has 2 unspecified atom stereocenters. The molecule has 17 nitrogen and oxygen atoms in total. The number of rotatable bonds is 70. The van der Waals surface area contributed by atoms with Gasteiger partial charge in [0.15, 0.2) is 12.2 Å². The fraction of sp³-hybridized carbons (Fsp3) is 0.944. The van der Waals surface area contributed by atoms with Crippen LogP contribution in [0.4, 0.5) is 0 Å². The standard InChI is InChI=1S/C71H138O17P2/c1-7-9-11-13-14-15-16-17-18-19-22-25-31-36-42-48-54-69(74)82-60-67(88-71(76)55-49-43-37-32-26-23-20-21-24-29-34-40-45-51-63(3)4)62-86-90(79,80)84-58-65(72)57-83-89(77,78)85-61-66(59-81-68(73)53-47-39-12-10-8-2)87-70(75)56-50-44-38-33-28-27-30-35-41-46-52-64(5)6/h63-67,72H,7-62H2,1-6H3,(H,77,78)(H,79,80)/t65-,66+,67+/m0/s1. The molecule has 0 heterocycles. The maximum absolute atomic E-state index is 13.0. The lowest BCUT2D eigenvalue weighted by Crippen LogP contribution is -2.30. The van der Waals surface area contributed by atoms with E-state index in [-0.39, 0.29) is 25.7 Å². The Hall–Kier alpha value is -1.94. The van der Waals surface area contributed by atoms with Gasteiger partial charge in [0.1, 0.15) is 19.3 Å². The van der Waals surface area contributed by atoms with Crippen molar-refractivity contribution < 1.29 is 80.2 Å². The van der Waals surface area contributed by atoms with Crippen molar-refractivity contribution in [3.05, 3.63) is 0 Å². The summed E-state index contributed by atoms with van der Waals surface area (Å²) in [5.41, 5.74) is 0. The Morgan fingerprint density at radius 3 is 0.756 bits per heavy atom. The average molecular weight is 1330 g/mol. The Bertz CT molecular complexity index is 1750. The molecular formula is C71H138O17P2. The predicted octanol–water partition coefficient (Wildman–Crippen LogP) is 20.4. The van der Waals surface area contributed by atoms with E-state index in [0.29, 0.717) is 25.7 Å². The van der Waals surface area contributed by atoms with Gasteiger partial charge in [-0.1, -0.05) is 311 Å². The summed E-state index contributed by atoms with van der Waals surface area (Å²) >= 11 is 0. The maximum atomic E-state index is 13.0. The molecule has 3 N–H and O–H groups in total. The Kier molecular flexibility index (Phi) is 61.8. The van der Waals surface area contributed by atoms with E-state index in [4.69, 9.17) is 37.0 Å². The van der Waals surface area contributed by atoms with Gasteiger partial charge in [-0.15, -0.1) is 0 Å². The zero-order chi connectivity index (χ0) is 66.5. The number of phosphoric acid groups is 2. The summed E-state index contributed by atoms with van der Waals surface area (Å²) in [6, 6.07) is 0. The molecule has 0 aromatic carbocycles. The molecule has 0 spiro atoms. The Balaban J connectivity index is 5.16. The predicted molar refractivity (Wildman–Crippen MR) is 363 cm³/mol. The molecule has 0 aliphatic heterocycles. The number of esters is 4. The molecular weight excluding hydrogens is 1190 g/mol. The van der Waals surface area contributed by atoms with Crippen LogP contribution in [-0.2, 0) is 65.4 Å². The molecule has 90 heavy (non-hydrogen) atoms. The van der Waals surface area contributed by atoms with Gasteiger partial charge in [-0.05, 0) is 37.5 Å². The largest absolute Gasteiger partial charge is 0.472 e. The molecule has 0 fully saturated rings. The van der Waals surface area contributed by atoms with Crippen molar-refractivity contribution in [3.8, 4) is 0 Å². The van der Waals surface area contributed by atoms with Crippen molar-refractivity contribution in [1.82, 2.24) is 0 Å². The average Bonchev–Trinajstić information content (AvgIpc) is 3.30. The zero-order valence-electron chi connectivity index (χ0n) is 58.4. The summed E-state index contributed by atoms with van der Waals surface area (Å²) in [5.74, 6) is -0.594. The highest BCUT2D eigenvalue weighted by atomic mass is 31.2. The normalized spacial score (nSPS) is 14.1. The third kappa shape index (κ3) is 64.8. The first-order valence-electron chi connectivity index (χ1n) is 37.0. The number of carbonyl (C=O) groups is 4. The smallest absolute Gasteiger partial charge is 0.462 e.